The fourth-order valence-electron chi connectivity index (χ4n) is 4.22. The molecule has 1 saturated heterocycles. The molecule has 0 saturated carbocycles. The minimum absolute atomic E-state index is 0.0501. The summed E-state index contributed by atoms with van der Waals surface area (Å²) in [6.45, 7) is 2.53. The van der Waals surface area contributed by atoms with Gasteiger partial charge in [-0.3, -0.25) is 9.69 Å². The average Bonchev–Trinajstić information content (AvgIpc) is 3.29. The second-order valence-electron chi connectivity index (χ2n) is 7.68. The van der Waals surface area contributed by atoms with Gasteiger partial charge in [0.1, 0.15) is 10.7 Å². The number of aromatic nitrogens is 2. The summed E-state index contributed by atoms with van der Waals surface area (Å²) in [7, 11) is -3.50. The molecule has 1 fully saturated rings. The molecular formula is C20H21BrN4O3S2. The number of hydrogen-bond acceptors (Lipinski definition) is 6. The Morgan fingerprint density at radius 3 is 2.57 bits per heavy atom. The second-order valence-corrected chi connectivity index (χ2v) is 11.6. The zero-order chi connectivity index (χ0) is 20.9. The van der Waals surface area contributed by atoms with Gasteiger partial charge in [-0.05, 0) is 49.1 Å². The van der Waals surface area contributed by atoms with Crippen molar-refractivity contribution in [1.29, 1.82) is 0 Å². The molecule has 3 aromatic rings. The van der Waals surface area contributed by atoms with Gasteiger partial charge in [0.25, 0.3) is 5.56 Å². The Kier molecular flexibility index (Phi) is 5.30. The van der Waals surface area contributed by atoms with Crippen LogP contribution in [0.3, 0.4) is 0 Å². The van der Waals surface area contributed by atoms with E-state index in [0.29, 0.717) is 43.4 Å². The van der Waals surface area contributed by atoms with Crippen molar-refractivity contribution >= 4 is 47.5 Å². The van der Waals surface area contributed by atoms with Crippen LogP contribution in [0.2, 0.25) is 0 Å². The Morgan fingerprint density at radius 1 is 1.10 bits per heavy atom. The molecule has 0 amide bonds. The lowest BCUT2D eigenvalue weighted by atomic mass is 10.2. The smallest absolute Gasteiger partial charge is 0.259 e. The molecule has 10 heteroatoms. The number of benzene rings is 1. The van der Waals surface area contributed by atoms with Crippen molar-refractivity contribution in [3.8, 4) is 0 Å². The molecule has 7 nitrogen and oxygen atoms in total. The van der Waals surface area contributed by atoms with Gasteiger partial charge >= 0.3 is 0 Å². The summed E-state index contributed by atoms with van der Waals surface area (Å²) in [5.74, 6) is 0.650. The number of H-pyrrole nitrogens is 1. The minimum Gasteiger partial charge on any atom is -0.309 e. The molecule has 30 heavy (non-hydrogen) atoms. The third-order valence-electron chi connectivity index (χ3n) is 5.78. The van der Waals surface area contributed by atoms with E-state index in [1.165, 1.54) is 14.7 Å². The van der Waals surface area contributed by atoms with Crippen molar-refractivity contribution in [3.63, 3.8) is 0 Å². The molecule has 1 aliphatic carbocycles. The van der Waals surface area contributed by atoms with E-state index in [1.807, 2.05) is 0 Å². The van der Waals surface area contributed by atoms with Gasteiger partial charge in [-0.1, -0.05) is 15.9 Å². The predicted molar refractivity (Wildman–Crippen MR) is 120 cm³/mol. The first-order valence-corrected chi connectivity index (χ1v) is 13.0. The van der Waals surface area contributed by atoms with Crippen LogP contribution in [0.25, 0.3) is 10.2 Å². The highest BCUT2D eigenvalue weighted by Gasteiger charge is 2.29. The summed E-state index contributed by atoms with van der Waals surface area (Å²) >= 11 is 4.97. The maximum absolute atomic E-state index is 12.9. The summed E-state index contributed by atoms with van der Waals surface area (Å²) in [6, 6.07) is 6.71. The van der Waals surface area contributed by atoms with Crippen LogP contribution in [0.4, 0.5) is 0 Å². The molecule has 3 heterocycles. The SMILES string of the molecule is O=c1[nH]c(CN2CCN(S(=O)(=O)c3ccc(Br)cc3)CC2)nc2sc3c(c12)CCC3. The predicted octanol–water partition coefficient (Wildman–Crippen LogP) is 2.74. The van der Waals surface area contributed by atoms with Crippen LogP contribution in [0.1, 0.15) is 22.7 Å². The zero-order valence-electron chi connectivity index (χ0n) is 16.2. The zero-order valence-corrected chi connectivity index (χ0v) is 19.4. The number of rotatable bonds is 4. The van der Waals surface area contributed by atoms with E-state index in [9.17, 15) is 13.2 Å². The highest BCUT2D eigenvalue weighted by Crippen LogP contribution is 2.34. The fourth-order valence-corrected chi connectivity index (χ4v) is 7.18. The molecule has 0 unspecified atom stereocenters. The largest absolute Gasteiger partial charge is 0.309 e. The number of aromatic amines is 1. The normalized spacial score (nSPS) is 18.2. The van der Waals surface area contributed by atoms with Crippen molar-refractivity contribution in [2.75, 3.05) is 26.2 Å². The van der Waals surface area contributed by atoms with Crippen molar-refractivity contribution in [1.82, 2.24) is 19.2 Å². The lowest BCUT2D eigenvalue weighted by Crippen LogP contribution is -2.48. The Morgan fingerprint density at radius 2 is 1.83 bits per heavy atom. The summed E-state index contributed by atoms with van der Waals surface area (Å²) < 4.78 is 28.1. The fraction of sp³-hybridized carbons (Fsp3) is 0.400. The number of piperazine rings is 1. The molecule has 2 aliphatic rings. The van der Waals surface area contributed by atoms with Crippen LogP contribution < -0.4 is 5.56 Å². The molecule has 0 bridgehead atoms. The maximum Gasteiger partial charge on any atom is 0.259 e. The van der Waals surface area contributed by atoms with E-state index in [4.69, 9.17) is 4.98 Å². The van der Waals surface area contributed by atoms with E-state index < -0.39 is 10.0 Å². The summed E-state index contributed by atoms with van der Waals surface area (Å²) in [5, 5.41) is 0.765. The van der Waals surface area contributed by atoms with E-state index in [2.05, 4.69) is 25.8 Å². The van der Waals surface area contributed by atoms with Crippen LogP contribution in [-0.2, 0) is 29.4 Å². The van der Waals surface area contributed by atoms with Gasteiger partial charge in [0, 0.05) is 35.5 Å². The number of sulfonamides is 1. The summed E-state index contributed by atoms with van der Waals surface area (Å²) in [4.78, 5) is 24.8. The van der Waals surface area contributed by atoms with Gasteiger partial charge in [0.05, 0.1) is 16.8 Å². The lowest BCUT2D eigenvalue weighted by Gasteiger charge is -2.33. The second kappa shape index (κ2) is 7.83. The highest BCUT2D eigenvalue weighted by atomic mass is 79.9. The monoisotopic (exact) mass is 508 g/mol. The Bertz CT molecular complexity index is 1260. The Labute approximate surface area is 186 Å². The number of nitrogens with one attached hydrogen (secondary N) is 1. The minimum atomic E-state index is -3.50. The Hall–Kier alpha value is -1.59. The van der Waals surface area contributed by atoms with Crippen LogP contribution >= 0.6 is 27.3 Å². The van der Waals surface area contributed by atoms with E-state index in [-0.39, 0.29) is 5.56 Å². The van der Waals surface area contributed by atoms with Gasteiger partial charge in [-0.15, -0.1) is 11.3 Å². The number of nitrogens with zero attached hydrogens (tertiary/aromatic N) is 3. The molecule has 0 radical (unpaired) electrons. The van der Waals surface area contributed by atoms with Crippen molar-refractivity contribution in [2.24, 2.45) is 0 Å². The quantitative estimate of drug-likeness (QED) is 0.585. The molecule has 0 spiro atoms. The van der Waals surface area contributed by atoms with Gasteiger partial charge in [-0.2, -0.15) is 4.31 Å². The molecule has 2 aromatic heterocycles. The van der Waals surface area contributed by atoms with Gasteiger partial charge in [0.2, 0.25) is 10.0 Å². The van der Waals surface area contributed by atoms with Crippen molar-refractivity contribution < 1.29 is 8.42 Å². The highest BCUT2D eigenvalue weighted by molar-refractivity contribution is 9.10. The molecule has 1 N–H and O–H groups in total. The van der Waals surface area contributed by atoms with E-state index in [0.717, 1.165) is 34.0 Å². The summed E-state index contributed by atoms with van der Waals surface area (Å²) in [5.41, 5.74) is 1.13. The topological polar surface area (TPSA) is 86.4 Å². The first-order chi connectivity index (χ1) is 14.4. The number of halogens is 1. The average molecular weight is 509 g/mol. The van der Waals surface area contributed by atoms with Gasteiger partial charge in [0.15, 0.2) is 0 Å². The molecule has 1 aliphatic heterocycles. The van der Waals surface area contributed by atoms with Crippen molar-refractivity contribution in [3.05, 3.63) is 55.4 Å². The van der Waals surface area contributed by atoms with Gasteiger partial charge in [-0.25, -0.2) is 13.4 Å². The number of aryl methyl sites for hydroxylation is 2. The Balaban J connectivity index is 1.28. The van der Waals surface area contributed by atoms with Crippen LogP contribution in [0.5, 0.6) is 0 Å². The number of hydrogen-bond donors (Lipinski definition) is 1. The van der Waals surface area contributed by atoms with Crippen LogP contribution in [-0.4, -0.2) is 53.8 Å². The molecule has 0 atom stereocenters. The van der Waals surface area contributed by atoms with Crippen LogP contribution in [0.15, 0.2) is 38.4 Å². The standard InChI is InChI=1S/C20H21BrN4O3S2/c21-13-4-6-14(7-5-13)30(27,28)25-10-8-24(9-11-25)12-17-22-19(26)18-15-2-1-3-16(15)29-20(18)23-17/h4-7H,1-3,8-12H2,(H,22,23,26). The molecule has 5 rings (SSSR count). The number of fused-ring (bicyclic) bond motifs is 3. The molecule has 1 aromatic carbocycles. The molecular weight excluding hydrogens is 488 g/mol. The molecule has 158 valence electrons. The van der Waals surface area contributed by atoms with Crippen LogP contribution in [0, 0.1) is 0 Å². The van der Waals surface area contributed by atoms with Gasteiger partial charge < -0.3 is 4.98 Å². The lowest BCUT2D eigenvalue weighted by molar-refractivity contribution is 0.178. The van der Waals surface area contributed by atoms with E-state index in [1.54, 1.807) is 35.6 Å². The third-order valence-corrected chi connectivity index (χ3v) is 9.41. The van der Waals surface area contributed by atoms with E-state index >= 15 is 0 Å². The van der Waals surface area contributed by atoms with Crippen molar-refractivity contribution in [2.45, 2.75) is 30.7 Å². The maximum atomic E-state index is 12.9. The third kappa shape index (κ3) is 3.64. The number of thiophene rings is 1. The first-order valence-electron chi connectivity index (χ1n) is 9.93. The summed E-state index contributed by atoms with van der Waals surface area (Å²) in [6.07, 6.45) is 3.12. The first kappa shape index (κ1) is 20.3.